The van der Waals surface area contributed by atoms with E-state index in [1.165, 1.54) is 0 Å². The van der Waals surface area contributed by atoms with Gasteiger partial charge in [0.25, 0.3) is 0 Å². The van der Waals surface area contributed by atoms with Gasteiger partial charge in [0.2, 0.25) is 0 Å². The van der Waals surface area contributed by atoms with Crippen LogP contribution in [0, 0.1) is 0 Å². The third-order valence-electron chi connectivity index (χ3n) is 4.32. The Morgan fingerprint density at radius 2 is 1.33 bits per heavy atom. The van der Waals surface area contributed by atoms with E-state index in [9.17, 15) is 4.57 Å². The minimum atomic E-state index is -3.17. The van der Waals surface area contributed by atoms with Gasteiger partial charge in [0, 0.05) is 11.1 Å². The van der Waals surface area contributed by atoms with Crippen LogP contribution in [0.4, 0.5) is 0 Å². The van der Waals surface area contributed by atoms with Crippen molar-refractivity contribution in [1.29, 1.82) is 0 Å². The fraction of sp³-hybridized carbons (Fsp3) is 0.0476. The second-order valence-corrected chi connectivity index (χ2v) is 8.10. The van der Waals surface area contributed by atoms with E-state index in [1.54, 1.807) is 0 Å². The summed E-state index contributed by atoms with van der Waals surface area (Å²) in [5.74, 6) is 0.696. The van der Waals surface area contributed by atoms with E-state index in [2.05, 4.69) is 0 Å². The highest BCUT2D eigenvalue weighted by atomic mass is 31.2. The van der Waals surface area contributed by atoms with Crippen LogP contribution in [0.25, 0.3) is 11.3 Å². The lowest BCUT2D eigenvalue weighted by Gasteiger charge is -2.30. The Bertz CT molecular complexity index is 959. The number of allylic oxidation sites excluding steroid dienone is 1. The molecule has 3 aromatic carbocycles. The van der Waals surface area contributed by atoms with Gasteiger partial charge in [0.1, 0.15) is 5.76 Å². The average Bonchev–Trinajstić information content (AvgIpc) is 2.66. The first kappa shape index (κ1) is 15.0. The van der Waals surface area contributed by atoms with Crippen molar-refractivity contribution in [2.45, 2.75) is 6.92 Å². The molecule has 0 radical (unpaired) electrons. The van der Waals surface area contributed by atoms with E-state index in [0.717, 1.165) is 27.3 Å². The third-order valence-corrected chi connectivity index (χ3v) is 6.76. The molecule has 0 aromatic heterocycles. The molecule has 1 atom stereocenters. The minimum Gasteiger partial charge on any atom is -0.436 e. The van der Waals surface area contributed by atoms with Gasteiger partial charge in [-0.25, -0.2) is 0 Å². The normalized spacial score (nSPS) is 19.5. The molecule has 24 heavy (non-hydrogen) atoms. The van der Waals surface area contributed by atoms with Gasteiger partial charge in [-0.05, 0) is 30.7 Å². The summed E-state index contributed by atoms with van der Waals surface area (Å²) in [4.78, 5) is 0. The van der Waals surface area contributed by atoms with Crippen molar-refractivity contribution in [1.82, 2.24) is 0 Å². The Hall–Kier alpha value is -2.57. The lowest BCUT2D eigenvalue weighted by molar-refractivity contribution is 0.479. The molecule has 2 nitrogen and oxygen atoms in total. The first-order valence-electron chi connectivity index (χ1n) is 7.92. The SMILES string of the molecule is CC1=C(c2ccccc2)OP(=O)(c2ccccc2)c2ccccc21. The van der Waals surface area contributed by atoms with Crippen LogP contribution >= 0.6 is 7.37 Å². The molecular formula is C21H17O2P. The first-order valence-corrected chi connectivity index (χ1v) is 9.54. The first-order chi connectivity index (χ1) is 11.7. The highest BCUT2D eigenvalue weighted by molar-refractivity contribution is 7.74. The Morgan fingerprint density at radius 1 is 0.750 bits per heavy atom. The van der Waals surface area contributed by atoms with E-state index in [4.69, 9.17) is 4.52 Å². The van der Waals surface area contributed by atoms with Gasteiger partial charge in [-0.3, -0.25) is 4.57 Å². The standard InChI is InChI=1S/C21H17O2P/c1-16-19-14-8-9-15-20(19)24(22,18-12-6-3-7-13-18)23-21(16)17-10-4-2-5-11-17/h2-15H,1H3. The number of benzene rings is 3. The van der Waals surface area contributed by atoms with Gasteiger partial charge < -0.3 is 4.52 Å². The summed E-state index contributed by atoms with van der Waals surface area (Å²) in [5, 5.41) is 1.49. The molecule has 0 amide bonds. The van der Waals surface area contributed by atoms with Crippen molar-refractivity contribution in [2.24, 2.45) is 0 Å². The molecule has 0 bridgehead atoms. The van der Waals surface area contributed by atoms with E-state index in [0.29, 0.717) is 5.76 Å². The van der Waals surface area contributed by atoms with E-state index in [-0.39, 0.29) is 0 Å². The lowest BCUT2D eigenvalue weighted by Crippen LogP contribution is -2.24. The Labute approximate surface area is 141 Å². The molecule has 1 aliphatic rings. The molecule has 1 heterocycles. The van der Waals surface area contributed by atoms with E-state index >= 15 is 0 Å². The Morgan fingerprint density at radius 3 is 2.04 bits per heavy atom. The van der Waals surface area contributed by atoms with Crippen LogP contribution in [0.5, 0.6) is 0 Å². The maximum absolute atomic E-state index is 13.9. The second kappa shape index (κ2) is 5.81. The second-order valence-electron chi connectivity index (χ2n) is 5.82. The van der Waals surface area contributed by atoms with Crippen LogP contribution in [0.1, 0.15) is 18.1 Å². The van der Waals surface area contributed by atoms with Crippen LogP contribution in [-0.2, 0) is 9.09 Å². The molecule has 0 fully saturated rings. The molecule has 118 valence electrons. The predicted molar refractivity (Wildman–Crippen MR) is 99.8 cm³/mol. The van der Waals surface area contributed by atoms with Gasteiger partial charge >= 0.3 is 7.37 Å². The van der Waals surface area contributed by atoms with Crippen molar-refractivity contribution in [3.05, 3.63) is 96.1 Å². The fourth-order valence-electron chi connectivity index (χ4n) is 3.09. The van der Waals surface area contributed by atoms with Gasteiger partial charge in [0.15, 0.2) is 0 Å². The molecule has 1 aliphatic heterocycles. The molecule has 4 rings (SSSR count). The summed E-state index contributed by atoms with van der Waals surface area (Å²) in [5.41, 5.74) is 2.95. The summed E-state index contributed by atoms with van der Waals surface area (Å²) in [6.07, 6.45) is 0. The number of fused-ring (bicyclic) bond motifs is 1. The molecular weight excluding hydrogens is 315 g/mol. The number of rotatable bonds is 2. The zero-order chi connectivity index (χ0) is 16.6. The van der Waals surface area contributed by atoms with Gasteiger partial charge in [-0.1, -0.05) is 66.7 Å². The quantitative estimate of drug-likeness (QED) is 0.628. The highest BCUT2D eigenvalue weighted by Crippen LogP contribution is 2.54. The molecule has 0 saturated carbocycles. The van der Waals surface area contributed by atoms with Crippen LogP contribution in [0.2, 0.25) is 0 Å². The average molecular weight is 332 g/mol. The Kier molecular flexibility index (Phi) is 3.63. The topological polar surface area (TPSA) is 26.3 Å². The zero-order valence-electron chi connectivity index (χ0n) is 13.3. The molecule has 3 heteroatoms. The smallest absolute Gasteiger partial charge is 0.307 e. The molecule has 0 spiro atoms. The summed E-state index contributed by atoms with van der Waals surface area (Å²) in [7, 11) is -3.17. The van der Waals surface area contributed by atoms with Crippen molar-refractivity contribution in [2.75, 3.05) is 0 Å². The van der Waals surface area contributed by atoms with Crippen molar-refractivity contribution in [3.8, 4) is 0 Å². The summed E-state index contributed by atoms with van der Waals surface area (Å²) in [6.45, 7) is 2.02. The predicted octanol–water partition coefficient (Wildman–Crippen LogP) is 4.83. The molecule has 3 aromatic rings. The van der Waals surface area contributed by atoms with Gasteiger partial charge in [0.05, 0.1) is 10.6 Å². The number of hydrogen-bond donors (Lipinski definition) is 0. The van der Waals surface area contributed by atoms with Gasteiger partial charge in [-0.2, -0.15) is 0 Å². The van der Waals surface area contributed by atoms with Crippen LogP contribution < -0.4 is 10.6 Å². The zero-order valence-corrected chi connectivity index (χ0v) is 14.2. The maximum Gasteiger partial charge on any atom is 0.307 e. The summed E-state index contributed by atoms with van der Waals surface area (Å²) >= 11 is 0. The van der Waals surface area contributed by atoms with Gasteiger partial charge in [-0.15, -0.1) is 0 Å². The monoisotopic (exact) mass is 332 g/mol. The van der Waals surface area contributed by atoms with Crippen molar-refractivity contribution < 1.29 is 9.09 Å². The summed E-state index contributed by atoms with van der Waals surface area (Å²) in [6, 6.07) is 27.2. The molecule has 0 saturated heterocycles. The van der Waals surface area contributed by atoms with E-state index < -0.39 is 7.37 Å². The maximum atomic E-state index is 13.9. The third kappa shape index (κ3) is 2.31. The molecule has 1 unspecified atom stereocenters. The Balaban J connectivity index is 1.99. The molecule has 0 N–H and O–H groups in total. The van der Waals surface area contributed by atoms with Crippen molar-refractivity contribution >= 4 is 29.3 Å². The minimum absolute atomic E-state index is 0.696. The lowest BCUT2D eigenvalue weighted by atomic mass is 10.0. The van der Waals surface area contributed by atoms with Crippen LogP contribution in [0.3, 0.4) is 0 Å². The number of hydrogen-bond acceptors (Lipinski definition) is 2. The molecule has 0 aliphatic carbocycles. The fourth-order valence-corrected chi connectivity index (χ4v) is 5.48. The van der Waals surface area contributed by atoms with Crippen molar-refractivity contribution in [3.63, 3.8) is 0 Å². The van der Waals surface area contributed by atoms with E-state index in [1.807, 2.05) is 91.9 Å². The van der Waals surface area contributed by atoms with Crippen LogP contribution in [-0.4, -0.2) is 0 Å². The van der Waals surface area contributed by atoms with Crippen LogP contribution in [0.15, 0.2) is 84.9 Å². The largest absolute Gasteiger partial charge is 0.436 e. The summed E-state index contributed by atoms with van der Waals surface area (Å²) < 4.78 is 20.2. The highest BCUT2D eigenvalue weighted by Gasteiger charge is 2.38.